The minimum absolute atomic E-state index is 0.124. The molecular weight excluding hydrogens is 428 g/mol. The lowest BCUT2D eigenvalue weighted by molar-refractivity contribution is -0.321. The third-order valence-corrected chi connectivity index (χ3v) is 7.07. The van der Waals surface area contributed by atoms with Crippen LogP contribution in [0.4, 0.5) is 0 Å². The van der Waals surface area contributed by atoms with E-state index in [1.165, 1.54) is 0 Å². The highest BCUT2D eigenvalue weighted by Gasteiger charge is 2.35. The highest BCUT2D eigenvalue weighted by molar-refractivity contribution is 5.69. The van der Waals surface area contributed by atoms with Gasteiger partial charge in [-0.25, -0.2) is 0 Å². The first-order valence-electron chi connectivity index (χ1n) is 12.5. The summed E-state index contributed by atoms with van der Waals surface area (Å²) in [6, 6.07) is 19.7. The zero-order chi connectivity index (χ0) is 25.1. The van der Waals surface area contributed by atoms with Crippen molar-refractivity contribution in [3.8, 4) is 0 Å². The van der Waals surface area contributed by atoms with Crippen LogP contribution in [0.5, 0.6) is 0 Å². The molecule has 0 aliphatic rings. The Kier molecular flexibility index (Phi) is 10.7. The molecule has 0 saturated heterocycles. The molecule has 0 heterocycles. The molecule has 0 saturated carbocycles. The molecule has 2 rings (SSSR count). The molecule has 0 radical (unpaired) electrons. The van der Waals surface area contributed by atoms with Crippen molar-refractivity contribution >= 4 is 5.97 Å². The van der Waals surface area contributed by atoms with Crippen molar-refractivity contribution < 1.29 is 25.2 Å². The number of aliphatic hydroxyl groups is 3. The molecule has 5 nitrogen and oxygen atoms in total. The van der Waals surface area contributed by atoms with Crippen LogP contribution in [0.1, 0.15) is 95.6 Å². The first-order chi connectivity index (χ1) is 16.0. The minimum atomic E-state index is -2.68. The molecule has 188 valence electrons. The maximum absolute atomic E-state index is 11.4. The molecule has 2 aromatic rings. The fraction of sp³-hybridized carbons (Fsp3) is 0.552. The molecule has 0 aromatic heterocycles. The Labute approximate surface area is 204 Å². The summed E-state index contributed by atoms with van der Waals surface area (Å²) in [6.07, 6.45) is 9.13. The van der Waals surface area contributed by atoms with Crippen LogP contribution in [-0.4, -0.2) is 32.4 Å². The van der Waals surface area contributed by atoms with E-state index in [2.05, 4.69) is 6.92 Å². The summed E-state index contributed by atoms with van der Waals surface area (Å²) in [6.45, 7) is 4.03. The van der Waals surface area contributed by atoms with Gasteiger partial charge in [0.15, 0.2) is 0 Å². The fourth-order valence-electron chi connectivity index (χ4n) is 5.12. The lowest BCUT2D eigenvalue weighted by Crippen LogP contribution is -2.37. The number of carboxylic acids is 1. The van der Waals surface area contributed by atoms with Gasteiger partial charge >= 0.3 is 5.97 Å². The van der Waals surface area contributed by atoms with Gasteiger partial charge in [0.1, 0.15) is 0 Å². The van der Waals surface area contributed by atoms with Crippen LogP contribution in [0.3, 0.4) is 0 Å². The molecule has 0 fully saturated rings. The molecule has 0 amide bonds. The molecule has 2 unspecified atom stereocenters. The highest BCUT2D eigenvalue weighted by Crippen LogP contribution is 2.36. The van der Waals surface area contributed by atoms with Crippen molar-refractivity contribution in [1.29, 1.82) is 0 Å². The Morgan fingerprint density at radius 2 is 1.03 bits per heavy atom. The Bertz CT molecular complexity index is 846. The molecule has 0 aliphatic heterocycles. The van der Waals surface area contributed by atoms with Gasteiger partial charge < -0.3 is 20.4 Å². The van der Waals surface area contributed by atoms with E-state index in [0.29, 0.717) is 0 Å². The van der Waals surface area contributed by atoms with Gasteiger partial charge in [-0.15, -0.1) is 0 Å². The summed E-state index contributed by atoms with van der Waals surface area (Å²) >= 11 is 0. The Hall–Kier alpha value is -2.21. The summed E-state index contributed by atoms with van der Waals surface area (Å²) in [4.78, 5) is 11.4. The fourth-order valence-corrected chi connectivity index (χ4v) is 5.12. The van der Waals surface area contributed by atoms with Crippen LogP contribution in [-0.2, 0) is 15.6 Å². The standard InChI is InChI=1S/C29H42O5/c1-27(22-26(30)31,24-16-10-8-11-17-24)20-14-6-4-3-5-7-15-21-28(2,23-29(32,33)34)25-18-12-9-13-19-25/h8-13,16-19,32-34H,3-7,14-15,20-23H2,1-2H3,(H,30,31). The van der Waals surface area contributed by atoms with Crippen LogP contribution >= 0.6 is 0 Å². The average Bonchev–Trinajstić information content (AvgIpc) is 2.77. The number of carbonyl (C=O) groups is 1. The molecule has 0 bridgehead atoms. The third kappa shape index (κ3) is 9.57. The van der Waals surface area contributed by atoms with Gasteiger partial charge in [0.05, 0.1) is 6.42 Å². The van der Waals surface area contributed by atoms with Gasteiger partial charge in [0.25, 0.3) is 5.97 Å². The third-order valence-electron chi connectivity index (χ3n) is 7.07. The number of benzene rings is 2. The van der Waals surface area contributed by atoms with Crippen LogP contribution in [0.25, 0.3) is 0 Å². The number of aliphatic carboxylic acids is 1. The summed E-state index contributed by atoms with van der Waals surface area (Å²) < 4.78 is 0. The highest BCUT2D eigenvalue weighted by atomic mass is 16.7. The van der Waals surface area contributed by atoms with Gasteiger partial charge in [-0.3, -0.25) is 4.79 Å². The second-order valence-electron chi connectivity index (χ2n) is 10.3. The summed E-state index contributed by atoms with van der Waals surface area (Å²) in [7, 11) is 0. The second kappa shape index (κ2) is 13.0. The first kappa shape index (κ1) is 28.0. The Morgan fingerprint density at radius 1 is 0.647 bits per heavy atom. The number of rotatable bonds is 16. The lowest BCUT2D eigenvalue weighted by atomic mass is 9.74. The largest absolute Gasteiger partial charge is 0.481 e. The van der Waals surface area contributed by atoms with E-state index in [4.69, 9.17) is 0 Å². The predicted molar refractivity (Wildman–Crippen MR) is 135 cm³/mol. The summed E-state index contributed by atoms with van der Waals surface area (Å²) in [5.74, 6) is -3.44. The minimum Gasteiger partial charge on any atom is -0.481 e. The molecule has 4 N–H and O–H groups in total. The topological polar surface area (TPSA) is 98.0 Å². The van der Waals surface area contributed by atoms with E-state index in [1.807, 2.05) is 67.6 Å². The van der Waals surface area contributed by atoms with Crippen LogP contribution in [0.2, 0.25) is 0 Å². The Morgan fingerprint density at radius 3 is 1.44 bits per heavy atom. The van der Waals surface area contributed by atoms with Crippen molar-refractivity contribution in [2.24, 2.45) is 0 Å². The van der Waals surface area contributed by atoms with Gasteiger partial charge in [0.2, 0.25) is 0 Å². The molecular formula is C29H42O5. The zero-order valence-corrected chi connectivity index (χ0v) is 20.7. The number of hydrogen-bond donors (Lipinski definition) is 4. The second-order valence-corrected chi connectivity index (χ2v) is 10.3. The quantitative estimate of drug-likeness (QED) is 0.181. The Balaban J connectivity index is 1.72. The van der Waals surface area contributed by atoms with E-state index >= 15 is 0 Å². The van der Waals surface area contributed by atoms with E-state index in [-0.39, 0.29) is 18.3 Å². The van der Waals surface area contributed by atoms with Gasteiger partial charge in [-0.1, -0.05) is 119 Å². The maximum Gasteiger partial charge on any atom is 0.304 e. The van der Waals surface area contributed by atoms with Crippen molar-refractivity contribution in [1.82, 2.24) is 0 Å². The smallest absolute Gasteiger partial charge is 0.304 e. The SMILES string of the molecule is CC(CCCCCCCCCC(C)(CC(O)(O)O)c1ccccc1)(CC(=O)O)c1ccccc1. The van der Waals surface area contributed by atoms with Crippen LogP contribution < -0.4 is 0 Å². The molecule has 34 heavy (non-hydrogen) atoms. The van der Waals surface area contributed by atoms with Crippen molar-refractivity contribution in [2.75, 3.05) is 0 Å². The lowest BCUT2D eigenvalue weighted by Gasteiger charge is -2.33. The summed E-state index contributed by atoms with van der Waals surface area (Å²) in [5.41, 5.74) is 1.25. The molecule has 0 spiro atoms. The number of unbranched alkanes of at least 4 members (excludes halogenated alkanes) is 6. The maximum atomic E-state index is 11.4. The molecule has 5 heteroatoms. The van der Waals surface area contributed by atoms with Crippen molar-refractivity contribution in [2.45, 2.75) is 101 Å². The van der Waals surface area contributed by atoms with Crippen LogP contribution in [0.15, 0.2) is 60.7 Å². The first-order valence-corrected chi connectivity index (χ1v) is 12.5. The monoisotopic (exact) mass is 470 g/mol. The normalized spacial score (nSPS) is 15.4. The van der Waals surface area contributed by atoms with Crippen molar-refractivity contribution in [3.63, 3.8) is 0 Å². The van der Waals surface area contributed by atoms with Gasteiger partial charge in [0, 0.05) is 17.3 Å². The predicted octanol–water partition coefficient (Wildman–Crippen LogP) is 5.91. The number of hydrogen-bond acceptors (Lipinski definition) is 4. The molecule has 2 atom stereocenters. The van der Waals surface area contributed by atoms with E-state index < -0.39 is 17.4 Å². The van der Waals surface area contributed by atoms with E-state index in [0.717, 1.165) is 68.9 Å². The zero-order valence-electron chi connectivity index (χ0n) is 20.7. The number of carboxylic acid groups (broad SMARTS) is 1. The van der Waals surface area contributed by atoms with Crippen molar-refractivity contribution in [3.05, 3.63) is 71.8 Å². The average molecular weight is 471 g/mol. The molecule has 0 aliphatic carbocycles. The van der Waals surface area contributed by atoms with Crippen LogP contribution in [0, 0.1) is 0 Å². The van der Waals surface area contributed by atoms with Gasteiger partial charge in [-0.2, -0.15) is 0 Å². The summed E-state index contributed by atoms with van der Waals surface area (Å²) in [5, 5.41) is 38.2. The molecule has 2 aromatic carbocycles. The van der Waals surface area contributed by atoms with Gasteiger partial charge in [-0.05, 0) is 24.0 Å². The van der Waals surface area contributed by atoms with E-state index in [1.54, 1.807) is 0 Å². The van der Waals surface area contributed by atoms with E-state index in [9.17, 15) is 25.2 Å².